The molecule has 3 aromatic carbocycles. The molecule has 2 N–H and O–H groups in total. The van der Waals surface area contributed by atoms with Gasteiger partial charge in [-0.15, -0.1) is 0 Å². The van der Waals surface area contributed by atoms with Crippen LogP contribution >= 0.6 is 11.6 Å². The van der Waals surface area contributed by atoms with Gasteiger partial charge in [-0.2, -0.15) is 5.26 Å². The van der Waals surface area contributed by atoms with Crippen LogP contribution in [0.25, 0.3) is 0 Å². The standard InChI is InChI=1S/C22H15ClFN3O3/c23-17-11-15(10-9-14(17)12-25)26-22(29)16-5-1-4-8-20(16)30-13-21(28)27-19-7-3-2-6-18(19)24/h1-11H,13H2,(H,26,29)(H,27,28). The van der Waals surface area contributed by atoms with E-state index in [-0.39, 0.29) is 22.0 Å². The second-order valence-corrected chi connectivity index (χ2v) is 6.48. The molecule has 0 fully saturated rings. The molecule has 3 aromatic rings. The van der Waals surface area contributed by atoms with Gasteiger partial charge in [0.05, 0.1) is 21.8 Å². The van der Waals surface area contributed by atoms with Crippen molar-refractivity contribution >= 4 is 34.8 Å². The maximum absolute atomic E-state index is 13.6. The number of benzene rings is 3. The number of carbonyl (C=O) groups is 2. The Kier molecular flexibility index (Phi) is 6.63. The summed E-state index contributed by atoms with van der Waals surface area (Å²) in [7, 11) is 0. The van der Waals surface area contributed by atoms with E-state index in [4.69, 9.17) is 21.6 Å². The monoisotopic (exact) mass is 423 g/mol. The molecule has 0 aromatic heterocycles. The van der Waals surface area contributed by atoms with Gasteiger partial charge < -0.3 is 15.4 Å². The van der Waals surface area contributed by atoms with E-state index in [1.807, 2.05) is 6.07 Å². The van der Waals surface area contributed by atoms with Crippen LogP contribution in [0.4, 0.5) is 15.8 Å². The molecule has 6 nitrogen and oxygen atoms in total. The van der Waals surface area contributed by atoms with Crippen LogP contribution in [0.15, 0.2) is 66.7 Å². The number of rotatable bonds is 6. The van der Waals surface area contributed by atoms with E-state index in [9.17, 15) is 14.0 Å². The zero-order valence-corrected chi connectivity index (χ0v) is 16.2. The molecule has 0 saturated heterocycles. The van der Waals surface area contributed by atoms with Crippen molar-refractivity contribution in [2.75, 3.05) is 17.2 Å². The zero-order valence-electron chi connectivity index (χ0n) is 15.5. The van der Waals surface area contributed by atoms with E-state index in [1.54, 1.807) is 24.3 Å². The summed E-state index contributed by atoms with van der Waals surface area (Å²) < 4.78 is 19.1. The predicted octanol–water partition coefficient (Wildman–Crippen LogP) is 4.62. The van der Waals surface area contributed by atoms with Gasteiger partial charge in [0, 0.05) is 5.69 Å². The van der Waals surface area contributed by atoms with Gasteiger partial charge in [0.1, 0.15) is 17.6 Å². The Bertz CT molecular complexity index is 1140. The second kappa shape index (κ2) is 9.54. The molecule has 0 aliphatic rings. The van der Waals surface area contributed by atoms with Crippen molar-refractivity contribution in [2.45, 2.75) is 0 Å². The first-order valence-corrected chi connectivity index (χ1v) is 9.13. The van der Waals surface area contributed by atoms with Crippen LogP contribution in [0, 0.1) is 17.1 Å². The Morgan fingerprint density at radius 1 is 1.03 bits per heavy atom. The average molecular weight is 424 g/mol. The molecule has 0 aliphatic heterocycles. The fourth-order valence-electron chi connectivity index (χ4n) is 2.55. The summed E-state index contributed by atoms with van der Waals surface area (Å²) in [6.45, 7) is -0.415. The first-order chi connectivity index (χ1) is 14.5. The molecule has 0 bridgehead atoms. The van der Waals surface area contributed by atoms with Crippen LogP contribution in [-0.4, -0.2) is 18.4 Å². The highest BCUT2D eigenvalue weighted by atomic mass is 35.5. The zero-order chi connectivity index (χ0) is 21.5. The molecule has 0 aliphatic carbocycles. The lowest BCUT2D eigenvalue weighted by Crippen LogP contribution is -2.22. The van der Waals surface area contributed by atoms with Gasteiger partial charge in [0.15, 0.2) is 6.61 Å². The summed E-state index contributed by atoms with van der Waals surface area (Å²) in [4.78, 5) is 24.7. The molecule has 0 atom stereocenters. The lowest BCUT2D eigenvalue weighted by atomic mass is 10.1. The number of hydrogen-bond donors (Lipinski definition) is 2. The lowest BCUT2D eigenvalue weighted by molar-refractivity contribution is -0.118. The number of nitrogens with one attached hydrogen (secondary N) is 2. The minimum atomic E-state index is -0.575. The molecular formula is C22H15ClFN3O3. The number of anilines is 2. The number of ether oxygens (including phenoxy) is 1. The van der Waals surface area contributed by atoms with Gasteiger partial charge in [-0.05, 0) is 42.5 Å². The van der Waals surface area contributed by atoms with Crippen LogP contribution in [0.2, 0.25) is 5.02 Å². The first-order valence-electron chi connectivity index (χ1n) is 8.75. The highest BCUT2D eigenvalue weighted by molar-refractivity contribution is 6.32. The molecule has 150 valence electrons. The van der Waals surface area contributed by atoms with E-state index in [1.165, 1.54) is 42.5 Å². The van der Waals surface area contributed by atoms with Crippen molar-refractivity contribution in [2.24, 2.45) is 0 Å². The molecule has 0 heterocycles. The van der Waals surface area contributed by atoms with E-state index < -0.39 is 24.2 Å². The van der Waals surface area contributed by atoms with Crippen molar-refractivity contribution in [1.82, 2.24) is 0 Å². The van der Waals surface area contributed by atoms with E-state index in [0.717, 1.165) is 0 Å². The van der Waals surface area contributed by atoms with Gasteiger partial charge in [-0.1, -0.05) is 35.9 Å². The Balaban J connectivity index is 1.67. The Morgan fingerprint density at radius 3 is 2.50 bits per heavy atom. The molecule has 30 heavy (non-hydrogen) atoms. The van der Waals surface area contributed by atoms with Gasteiger partial charge in [-0.3, -0.25) is 9.59 Å². The second-order valence-electron chi connectivity index (χ2n) is 6.07. The summed E-state index contributed by atoms with van der Waals surface area (Å²) in [5.41, 5.74) is 0.918. The van der Waals surface area contributed by atoms with Gasteiger partial charge >= 0.3 is 0 Å². The molecule has 8 heteroatoms. The minimum absolute atomic E-state index is 0.0369. The highest BCUT2D eigenvalue weighted by Crippen LogP contribution is 2.23. The number of nitriles is 1. The minimum Gasteiger partial charge on any atom is -0.483 e. The quantitative estimate of drug-likeness (QED) is 0.605. The van der Waals surface area contributed by atoms with Crippen LogP contribution in [0.5, 0.6) is 5.75 Å². The summed E-state index contributed by atoms with van der Waals surface area (Å²) in [6.07, 6.45) is 0. The maximum atomic E-state index is 13.6. The summed E-state index contributed by atoms with van der Waals surface area (Å²) in [5, 5.41) is 14.2. The summed E-state index contributed by atoms with van der Waals surface area (Å²) >= 11 is 5.98. The smallest absolute Gasteiger partial charge is 0.262 e. The van der Waals surface area contributed by atoms with Crippen molar-refractivity contribution < 1.29 is 18.7 Å². The molecule has 3 rings (SSSR count). The summed E-state index contributed by atoms with van der Waals surface area (Å²) in [5.74, 6) is -1.44. The predicted molar refractivity (Wildman–Crippen MR) is 111 cm³/mol. The number of amides is 2. The third kappa shape index (κ3) is 5.13. The van der Waals surface area contributed by atoms with E-state index in [2.05, 4.69) is 10.6 Å². The maximum Gasteiger partial charge on any atom is 0.262 e. The van der Waals surface area contributed by atoms with E-state index in [0.29, 0.717) is 11.3 Å². The topological polar surface area (TPSA) is 91.2 Å². The Labute approximate surface area is 176 Å². The van der Waals surface area contributed by atoms with Crippen molar-refractivity contribution in [1.29, 1.82) is 5.26 Å². The molecule has 0 unspecified atom stereocenters. The normalized spacial score (nSPS) is 10.0. The molecule has 2 amide bonds. The average Bonchev–Trinajstić information content (AvgIpc) is 2.74. The van der Waals surface area contributed by atoms with Gasteiger partial charge in [0.2, 0.25) is 0 Å². The lowest BCUT2D eigenvalue weighted by Gasteiger charge is -2.12. The number of para-hydroxylation sites is 2. The number of halogens is 2. The highest BCUT2D eigenvalue weighted by Gasteiger charge is 2.15. The fraction of sp³-hybridized carbons (Fsp3) is 0.0455. The molecule has 0 spiro atoms. The van der Waals surface area contributed by atoms with Crippen LogP contribution < -0.4 is 15.4 Å². The molecular weight excluding hydrogens is 409 g/mol. The first kappa shape index (κ1) is 20.8. The van der Waals surface area contributed by atoms with Crippen LogP contribution in [0.3, 0.4) is 0 Å². The third-order valence-electron chi connectivity index (χ3n) is 3.99. The van der Waals surface area contributed by atoms with Crippen LogP contribution in [0.1, 0.15) is 15.9 Å². The largest absolute Gasteiger partial charge is 0.483 e. The fourth-order valence-corrected chi connectivity index (χ4v) is 2.78. The molecule has 0 saturated carbocycles. The van der Waals surface area contributed by atoms with Crippen molar-refractivity contribution in [3.8, 4) is 11.8 Å². The van der Waals surface area contributed by atoms with Crippen LogP contribution in [-0.2, 0) is 4.79 Å². The van der Waals surface area contributed by atoms with Gasteiger partial charge in [-0.25, -0.2) is 4.39 Å². The Morgan fingerprint density at radius 2 is 1.77 bits per heavy atom. The van der Waals surface area contributed by atoms with Crippen molar-refractivity contribution in [3.05, 3.63) is 88.7 Å². The van der Waals surface area contributed by atoms with Gasteiger partial charge in [0.25, 0.3) is 11.8 Å². The number of hydrogen-bond acceptors (Lipinski definition) is 4. The number of carbonyl (C=O) groups excluding carboxylic acids is 2. The Hall–Kier alpha value is -3.89. The molecule has 0 radical (unpaired) electrons. The summed E-state index contributed by atoms with van der Waals surface area (Å²) in [6, 6.07) is 18.6. The SMILES string of the molecule is N#Cc1ccc(NC(=O)c2ccccc2OCC(=O)Nc2ccccc2F)cc1Cl. The third-order valence-corrected chi connectivity index (χ3v) is 4.30. The van der Waals surface area contributed by atoms with Crippen molar-refractivity contribution in [3.63, 3.8) is 0 Å². The number of nitrogens with zero attached hydrogens (tertiary/aromatic N) is 1. The van der Waals surface area contributed by atoms with E-state index >= 15 is 0 Å².